The summed E-state index contributed by atoms with van der Waals surface area (Å²) >= 11 is 1.56. The number of nitrogens with zero attached hydrogens (tertiary/aromatic N) is 1. The van der Waals surface area contributed by atoms with Gasteiger partial charge in [-0.1, -0.05) is 62.0 Å². The monoisotopic (exact) mass is 381 g/mol. The summed E-state index contributed by atoms with van der Waals surface area (Å²) in [6.45, 7) is 4.23. The summed E-state index contributed by atoms with van der Waals surface area (Å²) < 4.78 is 0. The molecule has 2 heterocycles. The van der Waals surface area contributed by atoms with Gasteiger partial charge < -0.3 is 10.3 Å². The van der Waals surface area contributed by atoms with Gasteiger partial charge in [0.05, 0.1) is 11.5 Å². The summed E-state index contributed by atoms with van der Waals surface area (Å²) in [4.78, 5) is 33.4. The van der Waals surface area contributed by atoms with Crippen LogP contribution in [0.1, 0.15) is 50.2 Å². The van der Waals surface area contributed by atoms with Crippen molar-refractivity contribution in [1.29, 1.82) is 0 Å². The summed E-state index contributed by atoms with van der Waals surface area (Å²) in [5.74, 6) is 0.109. The van der Waals surface area contributed by atoms with Crippen LogP contribution >= 0.6 is 11.8 Å². The number of ketones is 1. The normalized spacial score (nSPS) is 22.3. The third-order valence-electron chi connectivity index (χ3n) is 5.32. The van der Waals surface area contributed by atoms with Crippen LogP contribution < -0.4 is 10.9 Å². The number of nitrogens with one attached hydrogen (secondary N) is 2. The number of hydrogen-bond acceptors (Lipinski definition) is 5. The van der Waals surface area contributed by atoms with Crippen LogP contribution in [-0.4, -0.2) is 21.0 Å². The summed E-state index contributed by atoms with van der Waals surface area (Å²) in [7, 11) is 0. The minimum absolute atomic E-state index is 0.162. The molecule has 0 spiro atoms. The van der Waals surface area contributed by atoms with E-state index in [0.29, 0.717) is 28.2 Å². The van der Waals surface area contributed by atoms with Gasteiger partial charge in [0.1, 0.15) is 11.6 Å². The smallest absolute Gasteiger partial charge is 0.257 e. The lowest BCUT2D eigenvalue weighted by Crippen LogP contribution is -2.38. The van der Waals surface area contributed by atoms with Crippen molar-refractivity contribution in [3.05, 3.63) is 63.6 Å². The standard InChI is InChI=1S/C21H23N3O2S/c1-3-12(2)27-21-23-19-18(20(26)24-21)16(13-8-5-4-6-9-13)17-14(22-19)10-7-11-15(17)25/h4-6,8-10,12,16-17H,3,7,11H2,1-2H3,(H2,22,23,24,26)/t12-,16+,17+/m1/s1. The first-order valence-corrected chi connectivity index (χ1v) is 10.3. The highest BCUT2D eigenvalue weighted by molar-refractivity contribution is 7.99. The summed E-state index contributed by atoms with van der Waals surface area (Å²) in [6.07, 6.45) is 4.32. The predicted octanol–water partition coefficient (Wildman–Crippen LogP) is 4.08. The fourth-order valence-electron chi connectivity index (χ4n) is 3.82. The van der Waals surface area contributed by atoms with Crippen LogP contribution in [0.25, 0.3) is 0 Å². The number of allylic oxidation sites excluding steroid dienone is 2. The maximum Gasteiger partial charge on any atom is 0.257 e. The molecule has 27 heavy (non-hydrogen) atoms. The van der Waals surface area contributed by atoms with Crippen LogP contribution in [0.5, 0.6) is 0 Å². The topological polar surface area (TPSA) is 74.8 Å². The molecular weight excluding hydrogens is 358 g/mol. The van der Waals surface area contributed by atoms with Crippen LogP contribution in [0, 0.1) is 5.92 Å². The van der Waals surface area contributed by atoms with Crippen molar-refractivity contribution in [3.63, 3.8) is 0 Å². The molecule has 0 unspecified atom stereocenters. The quantitative estimate of drug-likeness (QED) is 0.616. The number of carbonyl (C=O) groups is 1. The van der Waals surface area contributed by atoms with Gasteiger partial charge in [-0.15, -0.1) is 0 Å². The molecule has 2 aromatic rings. The van der Waals surface area contributed by atoms with Crippen LogP contribution in [0.3, 0.4) is 0 Å². The van der Waals surface area contributed by atoms with Crippen molar-refractivity contribution in [3.8, 4) is 0 Å². The van der Waals surface area contributed by atoms with E-state index in [-0.39, 0.29) is 23.2 Å². The summed E-state index contributed by atoms with van der Waals surface area (Å²) in [6, 6.07) is 9.81. The molecule has 1 aliphatic carbocycles. The minimum Gasteiger partial charge on any atom is -0.343 e. The Morgan fingerprint density at radius 1 is 1.22 bits per heavy atom. The Morgan fingerprint density at radius 3 is 2.74 bits per heavy atom. The van der Waals surface area contributed by atoms with Crippen molar-refractivity contribution in [2.24, 2.45) is 5.92 Å². The van der Waals surface area contributed by atoms with Gasteiger partial charge in [-0.2, -0.15) is 0 Å². The molecule has 0 amide bonds. The molecule has 0 saturated heterocycles. The van der Waals surface area contributed by atoms with Gasteiger partial charge in [0.25, 0.3) is 5.56 Å². The van der Waals surface area contributed by atoms with Gasteiger partial charge in [0, 0.05) is 23.3 Å². The first-order valence-electron chi connectivity index (χ1n) is 9.44. The number of benzene rings is 1. The molecular formula is C21H23N3O2S. The first kappa shape index (κ1) is 18.0. The number of aromatic nitrogens is 2. The molecule has 1 aliphatic heterocycles. The number of carbonyl (C=O) groups excluding carboxylic acids is 1. The Labute approximate surface area is 162 Å². The summed E-state index contributed by atoms with van der Waals surface area (Å²) in [5.41, 5.74) is 2.25. The molecule has 5 nitrogen and oxygen atoms in total. The number of hydrogen-bond donors (Lipinski definition) is 2. The van der Waals surface area contributed by atoms with Crippen LogP contribution in [-0.2, 0) is 4.79 Å². The number of aromatic amines is 1. The molecule has 4 rings (SSSR count). The van der Waals surface area contributed by atoms with E-state index in [0.717, 1.165) is 24.1 Å². The van der Waals surface area contributed by atoms with E-state index >= 15 is 0 Å². The van der Waals surface area contributed by atoms with E-state index in [1.54, 1.807) is 11.8 Å². The number of Topliss-reactive ketones (excluding diaryl/α,β-unsaturated/α-hetero) is 1. The Hall–Kier alpha value is -2.34. The average molecular weight is 382 g/mol. The lowest BCUT2D eigenvalue weighted by atomic mass is 9.72. The zero-order chi connectivity index (χ0) is 19.0. The van der Waals surface area contributed by atoms with Crippen molar-refractivity contribution in [2.45, 2.75) is 49.4 Å². The third-order valence-corrected chi connectivity index (χ3v) is 6.48. The average Bonchev–Trinajstić information content (AvgIpc) is 2.67. The van der Waals surface area contributed by atoms with Crippen LogP contribution in [0.4, 0.5) is 5.82 Å². The molecule has 6 heteroatoms. The number of rotatable bonds is 4. The SMILES string of the molecule is CC[C@@H](C)Sc1nc2c(c(=O)[nH]1)[C@@H](c1ccccc1)[C@@H]1C(=O)CCC=C1N2. The van der Waals surface area contributed by atoms with Gasteiger partial charge in [0.15, 0.2) is 5.16 Å². The van der Waals surface area contributed by atoms with E-state index in [2.05, 4.69) is 30.2 Å². The minimum atomic E-state index is -0.343. The van der Waals surface area contributed by atoms with Gasteiger partial charge in [-0.3, -0.25) is 9.59 Å². The summed E-state index contributed by atoms with van der Waals surface area (Å²) in [5, 5.41) is 4.28. The zero-order valence-corrected chi connectivity index (χ0v) is 16.3. The first-order chi connectivity index (χ1) is 13.1. The van der Waals surface area contributed by atoms with E-state index in [9.17, 15) is 9.59 Å². The van der Waals surface area contributed by atoms with Gasteiger partial charge in [-0.05, 0) is 18.4 Å². The van der Waals surface area contributed by atoms with E-state index < -0.39 is 0 Å². The molecule has 2 N–H and O–H groups in total. The fourth-order valence-corrected chi connectivity index (χ4v) is 4.66. The molecule has 3 atom stereocenters. The van der Waals surface area contributed by atoms with Crippen LogP contribution in [0.2, 0.25) is 0 Å². The molecule has 0 radical (unpaired) electrons. The molecule has 0 bridgehead atoms. The predicted molar refractivity (Wildman–Crippen MR) is 108 cm³/mol. The highest BCUT2D eigenvalue weighted by Crippen LogP contribution is 2.44. The Bertz CT molecular complexity index is 952. The maximum atomic E-state index is 13.0. The molecule has 2 aliphatic rings. The molecule has 0 saturated carbocycles. The number of fused-ring (bicyclic) bond motifs is 2. The van der Waals surface area contributed by atoms with Crippen molar-refractivity contribution in [1.82, 2.24) is 9.97 Å². The number of H-pyrrole nitrogens is 1. The van der Waals surface area contributed by atoms with E-state index in [1.807, 2.05) is 30.3 Å². The van der Waals surface area contributed by atoms with Gasteiger partial charge >= 0.3 is 0 Å². The third kappa shape index (κ3) is 3.34. The van der Waals surface area contributed by atoms with Gasteiger partial charge in [-0.25, -0.2) is 4.98 Å². The second-order valence-corrected chi connectivity index (χ2v) is 8.55. The van der Waals surface area contributed by atoms with Crippen molar-refractivity contribution >= 4 is 23.4 Å². The molecule has 1 aromatic heterocycles. The Morgan fingerprint density at radius 2 is 2.00 bits per heavy atom. The highest BCUT2D eigenvalue weighted by Gasteiger charge is 2.42. The van der Waals surface area contributed by atoms with Crippen LogP contribution in [0.15, 0.2) is 52.1 Å². The molecule has 140 valence electrons. The fraction of sp³-hybridized carbons (Fsp3) is 0.381. The van der Waals surface area contributed by atoms with Crippen molar-refractivity contribution in [2.75, 3.05) is 5.32 Å². The second-order valence-electron chi connectivity index (χ2n) is 7.13. The van der Waals surface area contributed by atoms with Crippen molar-refractivity contribution < 1.29 is 4.79 Å². The molecule has 0 fully saturated rings. The maximum absolute atomic E-state index is 13.0. The Balaban J connectivity index is 1.88. The Kier molecular flexibility index (Phi) is 4.91. The highest BCUT2D eigenvalue weighted by atomic mass is 32.2. The lowest BCUT2D eigenvalue weighted by molar-refractivity contribution is -0.122. The second kappa shape index (κ2) is 7.35. The lowest BCUT2D eigenvalue weighted by Gasteiger charge is -2.36. The zero-order valence-electron chi connectivity index (χ0n) is 15.5. The van der Waals surface area contributed by atoms with E-state index in [4.69, 9.17) is 4.98 Å². The number of anilines is 1. The number of thioether (sulfide) groups is 1. The van der Waals surface area contributed by atoms with E-state index in [1.165, 1.54) is 0 Å². The molecule has 1 aromatic carbocycles. The van der Waals surface area contributed by atoms with Gasteiger partial charge in [0.2, 0.25) is 0 Å². The largest absolute Gasteiger partial charge is 0.343 e.